The van der Waals surface area contributed by atoms with Crippen LogP contribution in [0.1, 0.15) is 66.2 Å². The molecule has 40 heavy (non-hydrogen) atoms. The molecular formula is C33H54N4O3. The summed E-state index contributed by atoms with van der Waals surface area (Å²) >= 11 is 0. The molecule has 0 heterocycles. The van der Waals surface area contributed by atoms with E-state index in [-0.39, 0.29) is 30.3 Å². The molecule has 0 bridgehead atoms. The second kappa shape index (κ2) is 16.6. The Balaban J connectivity index is 1.96. The van der Waals surface area contributed by atoms with E-state index in [1.165, 1.54) is 6.08 Å². The molecule has 2 rings (SSSR count). The normalized spacial score (nSPS) is 27.9. The van der Waals surface area contributed by atoms with Crippen LogP contribution in [-0.2, 0) is 14.4 Å². The van der Waals surface area contributed by atoms with E-state index in [0.717, 1.165) is 44.3 Å². The van der Waals surface area contributed by atoms with Crippen LogP contribution < -0.4 is 16.0 Å². The van der Waals surface area contributed by atoms with Crippen LogP contribution in [-0.4, -0.2) is 61.8 Å². The maximum absolute atomic E-state index is 13.2. The zero-order chi connectivity index (χ0) is 29.8. The number of nitrogens with one attached hydrogen (secondary N) is 3. The van der Waals surface area contributed by atoms with Crippen LogP contribution in [0.5, 0.6) is 0 Å². The van der Waals surface area contributed by atoms with Crippen molar-refractivity contribution in [3.05, 3.63) is 49.2 Å². The van der Waals surface area contributed by atoms with Crippen LogP contribution in [0.3, 0.4) is 0 Å². The molecule has 7 nitrogen and oxygen atoms in total. The quantitative estimate of drug-likeness (QED) is 0.191. The molecule has 0 spiro atoms. The van der Waals surface area contributed by atoms with Crippen molar-refractivity contribution in [1.29, 1.82) is 0 Å². The Hall–Kier alpha value is -2.67. The summed E-state index contributed by atoms with van der Waals surface area (Å²) < 4.78 is 0. The van der Waals surface area contributed by atoms with Crippen LogP contribution >= 0.6 is 0 Å². The number of carbonyl (C=O) groups is 3. The van der Waals surface area contributed by atoms with Crippen molar-refractivity contribution in [1.82, 2.24) is 20.9 Å². The van der Waals surface area contributed by atoms with Crippen molar-refractivity contribution in [2.45, 2.75) is 78.3 Å². The lowest BCUT2D eigenvalue weighted by Crippen LogP contribution is -2.49. The second-order valence-electron chi connectivity index (χ2n) is 12.1. The number of carbonyl (C=O) groups excluding carboxylic acids is 3. The number of amides is 2. The third-order valence-corrected chi connectivity index (χ3v) is 8.62. The summed E-state index contributed by atoms with van der Waals surface area (Å²) in [5, 5.41) is 8.98. The van der Waals surface area contributed by atoms with Gasteiger partial charge in [-0.3, -0.25) is 14.4 Å². The number of hydrogen-bond acceptors (Lipinski definition) is 5. The fourth-order valence-electron chi connectivity index (χ4n) is 6.05. The lowest BCUT2D eigenvalue weighted by molar-refractivity contribution is -0.140. The van der Waals surface area contributed by atoms with Crippen molar-refractivity contribution < 1.29 is 14.4 Å². The van der Waals surface area contributed by atoms with Crippen LogP contribution in [0.4, 0.5) is 0 Å². The van der Waals surface area contributed by atoms with E-state index >= 15 is 0 Å². The Kier molecular flexibility index (Phi) is 13.9. The first-order chi connectivity index (χ1) is 19.0. The van der Waals surface area contributed by atoms with Gasteiger partial charge in [-0.1, -0.05) is 77.5 Å². The van der Waals surface area contributed by atoms with E-state index in [2.05, 4.69) is 79.2 Å². The molecule has 2 aliphatic rings. The highest BCUT2D eigenvalue weighted by Crippen LogP contribution is 2.45. The zero-order valence-corrected chi connectivity index (χ0v) is 25.7. The predicted molar refractivity (Wildman–Crippen MR) is 164 cm³/mol. The molecule has 7 heteroatoms. The van der Waals surface area contributed by atoms with E-state index in [4.69, 9.17) is 0 Å². The van der Waals surface area contributed by atoms with Gasteiger partial charge in [0.2, 0.25) is 11.7 Å². The number of ketones is 1. The average molecular weight is 555 g/mol. The van der Waals surface area contributed by atoms with Gasteiger partial charge in [-0.2, -0.15) is 0 Å². The molecule has 7 atom stereocenters. The molecule has 2 amide bonds. The number of nitrogens with zero attached hydrogens (tertiary/aromatic N) is 1. The van der Waals surface area contributed by atoms with E-state index in [1.807, 2.05) is 20.9 Å². The molecule has 0 aromatic rings. The van der Waals surface area contributed by atoms with Gasteiger partial charge in [-0.15, -0.1) is 6.58 Å². The molecule has 0 aliphatic heterocycles. The van der Waals surface area contributed by atoms with Crippen LogP contribution in [0, 0.1) is 35.5 Å². The minimum atomic E-state index is -0.793. The highest BCUT2D eigenvalue weighted by molar-refractivity contribution is 6.38. The third-order valence-electron chi connectivity index (χ3n) is 8.62. The maximum atomic E-state index is 13.2. The van der Waals surface area contributed by atoms with E-state index in [9.17, 15) is 14.4 Å². The summed E-state index contributed by atoms with van der Waals surface area (Å²) in [6.07, 6.45) is 15.7. The summed E-state index contributed by atoms with van der Waals surface area (Å²) in [6, 6.07) is -0.608. The first-order valence-corrected chi connectivity index (χ1v) is 15.2. The smallest absolute Gasteiger partial charge is 0.289 e. The zero-order valence-electron chi connectivity index (χ0n) is 25.7. The highest BCUT2D eigenvalue weighted by atomic mass is 16.2. The molecular weight excluding hydrogens is 500 g/mol. The Bertz CT molecular complexity index is 922. The molecule has 5 unspecified atom stereocenters. The minimum Gasteiger partial charge on any atom is -0.377 e. The van der Waals surface area contributed by atoms with Gasteiger partial charge in [0, 0.05) is 37.8 Å². The summed E-state index contributed by atoms with van der Waals surface area (Å²) in [4.78, 5) is 40.4. The SMILES string of the molecule is C=CCNC(=O)C(=O)C(CCCC)NC(=O)C(C)[C@H]1C[C@H]1CN(C)C(=C)C(NC)C1CC(C)/C=C\C=C/C(C)C1. The summed E-state index contributed by atoms with van der Waals surface area (Å²) in [5.41, 5.74) is 1.10. The third kappa shape index (κ3) is 10.1. The van der Waals surface area contributed by atoms with Crippen molar-refractivity contribution in [2.75, 3.05) is 27.2 Å². The van der Waals surface area contributed by atoms with Crippen molar-refractivity contribution in [3.63, 3.8) is 0 Å². The number of allylic oxidation sites excluding steroid dienone is 4. The number of likely N-dealkylation sites (N-methyl/N-ethyl adjacent to an activating group) is 2. The van der Waals surface area contributed by atoms with Gasteiger partial charge in [0.05, 0.1) is 6.04 Å². The van der Waals surface area contributed by atoms with E-state index in [0.29, 0.717) is 30.1 Å². The number of hydrogen-bond donors (Lipinski definition) is 3. The van der Waals surface area contributed by atoms with Crippen molar-refractivity contribution in [3.8, 4) is 0 Å². The summed E-state index contributed by atoms with van der Waals surface area (Å²) in [6.45, 7) is 17.7. The summed E-state index contributed by atoms with van der Waals surface area (Å²) in [7, 11) is 4.13. The molecule has 3 N–H and O–H groups in total. The molecule has 0 aromatic heterocycles. The van der Waals surface area contributed by atoms with Crippen LogP contribution in [0.15, 0.2) is 49.2 Å². The van der Waals surface area contributed by atoms with E-state index < -0.39 is 17.7 Å². The summed E-state index contributed by atoms with van der Waals surface area (Å²) in [5.74, 6) is 0.482. The minimum absolute atomic E-state index is 0.150. The van der Waals surface area contributed by atoms with Gasteiger partial charge in [0.25, 0.3) is 5.91 Å². The van der Waals surface area contributed by atoms with Crippen LogP contribution in [0.2, 0.25) is 0 Å². The molecule has 0 saturated heterocycles. The predicted octanol–water partition coefficient (Wildman–Crippen LogP) is 4.63. The lowest BCUT2D eigenvalue weighted by Gasteiger charge is -2.35. The highest BCUT2D eigenvalue weighted by Gasteiger charge is 2.45. The van der Waals surface area contributed by atoms with E-state index in [1.54, 1.807) is 0 Å². The largest absolute Gasteiger partial charge is 0.377 e. The fourth-order valence-corrected chi connectivity index (χ4v) is 6.05. The van der Waals surface area contributed by atoms with Crippen molar-refractivity contribution >= 4 is 17.6 Å². The molecule has 2 aliphatic carbocycles. The molecule has 0 radical (unpaired) electrons. The monoisotopic (exact) mass is 554 g/mol. The van der Waals surface area contributed by atoms with Crippen LogP contribution in [0.25, 0.3) is 0 Å². The number of Topliss-reactive ketones (excluding diaryl/α,β-unsaturated/α-hetero) is 1. The number of rotatable bonds is 16. The molecule has 1 fully saturated rings. The Labute approximate surface area is 243 Å². The Morgan fingerprint density at radius 3 is 2.27 bits per heavy atom. The van der Waals surface area contributed by atoms with Gasteiger partial charge >= 0.3 is 0 Å². The molecule has 1 saturated carbocycles. The average Bonchev–Trinajstić information content (AvgIpc) is 3.68. The molecule has 0 aromatic carbocycles. The van der Waals surface area contributed by atoms with Gasteiger partial charge in [-0.05, 0) is 62.3 Å². The maximum Gasteiger partial charge on any atom is 0.289 e. The second-order valence-corrected chi connectivity index (χ2v) is 12.1. The Morgan fingerprint density at radius 1 is 1.10 bits per heavy atom. The Morgan fingerprint density at radius 2 is 1.73 bits per heavy atom. The lowest BCUT2D eigenvalue weighted by atomic mass is 9.82. The molecule has 224 valence electrons. The van der Waals surface area contributed by atoms with Gasteiger partial charge in [0.1, 0.15) is 0 Å². The standard InChI is InChI=1S/C33H54N4O3/c1-9-11-16-29(31(38)33(40)35-17-10-2)36-32(39)24(5)28-20-27(28)21-37(8)25(6)30(34-7)26-18-22(3)14-12-13-15-23(4)19-26/h10,12-15,22-24,26-30,34H,2,6,9,11,16-21H2,1,3-5,7-8H3,(H,35,40)(H,36,39)/b14-12-,15-13-/t22?,23?,24?,26?,27-,28+,29?,30?/m0/s1. The fraction of sp³-hybridized carbons (Fsp3) is 0.667. The van der Waals surface area contributed by atoms with Gasteiger partial charge in [0.15, 0.2) is 0 Å². The van der Waals surface area contributed by atoms with Gasteiger partial charge in [-0.25, -0.2) is 0 Å². The van der Waals surface area contributed by atoms with Gasteiger partial charge < -0.3 is 20.9 Å². The van der Waals surface area contributed by atoms with Crippen molar-refractivity contribution in [2.24, 2.45) is 35.5 Å². The first-order valence-electron chi connectivity index (χ1n) is 15.2. The first kappa shape index (κ1) is 33.5. The number of unbranched alkanes of at least 4 members (excludes halogenated alkanes) is 1. The topological polar surface area (TPSA) is 90.5 Å².